The molecule has 0 spiro atoms. The third-order valence-electron chi connectivity index (χ3n) is 3.97. The average Bonchev–Trinajstić information content (AvgIpc) is 2.72. The molecule has 2 unspecified atom stereocenters. The summed E-state index contributed by atoms with van der Waals surface area (Å²) in [6.45, 7) is 9.10. The molecule has 1 aromatic heterocycles. The molecule has 1 aliphatic heterocycles. The molecule has 2 atom stereocenters. The van der Waals surface area contributed by atoms with E-state index in [1.54, 1.807) is 4.88 Å². The van der Waals surface area contributed by atoms with Gasteiger partial charge < -0.3 is 5.32 Å². The van der Waals surface area contributed by atoms with Crippen LogP contribution < -0.4 is 5.32 Å². The first-order valence-electron chi connectivity index (χ1n) is 7.07. The van der Waals surface area contributed by atoms with E-state index in [4.69, 9.17) is 0 Å². The Kier molecular flexibility index (Phi) is 4.82. The van der Waals surface area contributed by atoms with Crippen LogP contribution in [0.25, 0.3) is 0 Å². The third-order valence-corrected chi connectivity index (χ3v) is 5.06. The van der Waals surface area contributed by atoms with E-state index in [1.807, 2.05) is 11.3 Å². The van der Waals surface area contributed by atoms with E-state index in [1.165, 1.54) is 24.9 Å². The van der Waals surface area contributed by atoms with E-state index in [2.05, 4.69) is 49.5 Å². The molecule has 1 saturated heterocycles. The van der Waals surface area contributed by atoms with Crippen molar-refractivity contribution in [3.05, 3.63) is 21.9 Å². The van der Waals surface area contributed by atoms with E-state index >= 15 is 0 Å². The summed E-state index contributed by atoms with van der Waals surface area (Å²) in [7, 11) is 2.28. The summed E-state index contributed by atoms with van der Waals surface area (Å²) in [4.78, 5) is 4.13. The summed E-state index contributed by atoms with van der Waals surface area (Å²) >= 11 is 1.93. The fraction of sp³-hybridized carbons (Fsp3) is 0.733. The van der Waals surface area contributed by atoms with Gasteiger partial charge in [-0.25, -0.2) is 0 Å². The number of piperidine rings is 1. The quantitative estimate of drug-likeness (QED) is 0.898. The summed E-state index contributed by atoms with van der Waals surface area (Å²) in [5.74, 6) is 0.753. The number of hydrogen-bond acceptors (Lipinski definition) is 3. The molecular weight excluding hydrogens is 240 g/mol. The monoisotopic (exact) mass is 266 g/mol. The number of thiophene rings is 1. The molecule has 0 saturated carbocycles. The van der Waals surface area contributed by atoms with E-state index in [-0.39, 0.29) is 0 Å². The summed E-state index contributed by atoms with van der Waals surface area (Å²) in [6, 6.07) is 3.46. The molecule has 102 valence electrons. The van der Waals surface area contributed by atoms with Crippen molar-refractivity contribution < 1.29 is 0 Å². The lowest BCUT2D eigenvalue weighted by Gasteiger charge is -2.39. The normalized spacial score (nSPS) is 25.8. The van der Waals surface area contributed by atoms with Crippen LogP contribution in [0.15, 0.2) is 11.4 Å². The van der Waals surface area contributed by atoms with Crippen LogP contribution in [0.4, 0.5) is 0 Å². The minimum atomic E-state index is 0.585. The second-order valence-electron chi connectivity index (χ2n) is 5.86. The van der Waals surface area contributed by atoms with Crippen LogP contribution in [-0.4, -0.2) is 31.1 Å². The fourth-order valence-corrected chi connectivity index (χ4v) is 4.15. The van der Waals surface area contributed by atoms with Gasteiger partial charge in [-0.1, -0.05) is 13.8 Å². The molecular formula is C15H26N2S. The Morgan fingerprint density at radius 3 is 2.89 bits per heavy atom. The average molecular weight is 266 g/mol. The van der Waals surface area contributed by atoms with E-state index in [9.17, 15) is 0 Å². The second-order valence-corrected chi connectivity index (χ2v) is 6.81. The zero-order valence-corrected chi connectivity index (χ0v) is 12.9. The molecule has 18 heavy (non-hydrogen) atoms. The lowest BCUT2D eigenvalue weighted by Crippen LogP contribution is -2.41. The Morgan fingerprint density at radius 2 is 2.28 bits per heavy atom. The molecule has 2 heterocycles. The number of rotatable bonds is 4. The highest BCUT2D eigenvalue weighted by Gasteiger charge is 2.31. The number of likely N-dealkylation sites (tertiary alicyclic amines) is 1. The van der Waals surface area contributed by atoms with Gasteiger partial charge in [0.05, 0.1) is 0 Å². The summed E-state index contributed by atoms with van der Waals surface area (Å²) in [5, 5.41) is 5.86. The molecule has 0 amide bonds. The van der Waals surface area contributed by atoms with Crippen LogP contribution >= 0.6 is 11.3 Å². The molecule has 1 aliphatic rings. The van der Waals surface area contributed by atoms with E-state index in [0.717, 1.165) is 12.5 Å². The van der Waals surface area contributed by atoms with E-state index in [0.29, 0.717) is 12.1 Å². The Balaban J connectivity index is 2.13. The first kappa shape index (κ1) is 14.0. The number of nitrogens with one attached hydrogen (secondary N) is 1. The first-order valence-corrected chi connectivity index (χ1v) is 7.95. The summed E-state index contributed by atoms with van der Waals surface area (Å²) in [6.07, 6.45) is 2.69. The molecule has 0 aromatic carbocycles. The zero-order valence-electron chi connectivity index (χ0n) is 12.1. The molecule has 1 N–H and O–H groups in total. The maximum absolute atomic E-state index is 3.63. The van der Waals surface area contributed by atoms with Crippen molar-refractivity contribution in [2.45, 2.75) is 45.7 Å². The first-order chi connectivity index (χ1) is 8.59. The van der Waals surface area contributed by atoms with Gasteiger partial charge in [-0.2, -0.15) is 0 Å². The SMILES string of the molecule is Cc1ccsc1C1C(CNC(C)C)CCCN1C. The van der Waals surface area contributed by atoms with Crippen LogP contribution in [0.1, 0.15) is 43.2 Å². The van der Waals surface area contributed by atoms with Crippen LogP contribution in [0.3, 0.4) is 0 Å². The molecule has 0 bridgehead atoms. The summed E-state index contributed by atoms with van der Waals surface area (Å²) in [5.41, 5.74) is 1.47. The molecule has 0 radical (unpaired) electrons. The maximum Gasteiger partial charge on any atom is 0.0481 e. The Labute approximate surface area is 115 Å². The largest absolute Gasteiger partial charge is 0.314 e. The second kappa shape index (κ2) is 6.18. The van der Waals surface area contributed by atoms with Gasteiger partial charge in [-0.05, 0) is 56.3 Å². The summed E-state index contributed by atoms with van der Waals surface area (Å²) < 4.78 is 0. The Hall–Kier alpha value is -0.380. The van der Waals surface area contributed by atoms with Gasteiger partial charge in [0.25, 0.3) is 0 Å². The van der Waals surface area contributed by atoms with Crippen LogP contribution in [-0.2, 0) is 0 Å². The third kappa shape index (κ3) is 3.14. The number of hydrogen-bond donors (Lipinski definition) is 1. The Bertz CT molecular complexity index is 372. The molecule has 3 heteroatoms. The van der Waals surface area contributed by atoms with Gasteiger partial charge in [0.15, 0.2) is 0 Å². The number of aryl methyl sites for hydroxylation is 1. The van der Waals surface area contributed by atoms with Crippen LogP contribution in [0.2, 0.25) is 0 Å². The lowest BCUT2D eigenvalue weighted by atomic mass is 9.87. The minimum Gasteiger partial charge on any atom is -0.314 e. The van der Waals surface area contributed by atoms with Gasteiger partial charge in [0.1, 0.15) is 0 Å². The van der Waals surface area contributed by atoms with Gasteiger partial charge in [0.2, 0.25) is 0 Å². The maximum atomic E-state index is 3.63. The van der Waals surface area contributed by atoms with Gasteiger partial charge in [-0.3, -0.25) is 4.90 Å². The topological polar surface area (TPSA) is 15.3 Å². The van der Waals surface area contributed by atoms with Gasteiger partial charge >= 0.3 is 0 Å². The van der Waals surface area contributed by atoms with Crippen molar-refractivity contribution in [1.29, 1.82) is 0 Å². The van der Waals surface area contributed by atoms with Crippen molar-refractivity contribution in [2.24, 2.45) is 5.92 Å². The molecule has 1 aromatic rings. The van der Waals surface area contributed by atoms with Crippen LogP contribution in [0, 0.1) is 12.8 Å². The molecule has 2 nitrogen and oxygen atoms in total. The highest BCUT2D eigenvalue weighted by molar-refractivity contribution is 7.10. The van der Waals surface area contributed by atoms with Crippen molar-refractivity contribution >= 4 is 11.3 Å². The zero-order chi connectivity index (χ0) is 13.1. The molecule has 0 aliphatic carbocycles. The van der Waals surface area contributed by atoms with Gasteiger partial charge in [-0.15, -0.1) is 11.3 Å². The molecule has 1 fully saturated rings. The smallest absolute Gasteiger partial charge is 0.0481 e. The highest BCUT2D eigenvalue weighted by atomic mass is 32.1. The number of nitrogens with zero attached hydrogens (tertiary/aromatic N) is 1. The standard InChI is InChI=1S/C15H26N2S/c1-11(2)16-10-13-6-5-8-17(4)14(13)15-12(3)7-9-18-15/h7,9,11,13-14,16H,5-6,8,10H2,1-4H3. The predicted molar refractivity (Wildman–Crippen MR) is 80.3 cm³/mol. The van der Waals surface area contributed by atoms with Crippen molar-refractivity contribution in [1.82, 2.24) is 10.2 Å². The van der Waals surface area contributed by atoms with Gasteiger partial charge in [0, 0.05) is 23.5 Å². The van der Waals surface area contributed by atoms with Crippen molar-refractivity contribution in [2.75, 3.05) is 20.1 Å². The van der Waals surface area contributed by atoms with E-state index < -0.39 is 0 Å². The lowest BCUT2D eigenvalue weighted by molar-refractivity contribution is 0.120. The van der Waals surface area contributed by atoms with Crippen molar-refractivity contribution in [3.63, 3.8) is 0 Å². The van der Waals surface area contributed by atoms with Crippen molar-refractivity contribution in [3.8, 4) is 0 Å². The Morgan fingerprint density at radius 1 is 1.50 bits per heavy atom. The highest BCUT2D eigenvalue weighted by Crippen LogP contribution is 2.38. The fourth-order valence-electron chi connectivity index (χ4n) is 2.96. The minimum absolute atomic E-state index is 0.585. The molecule has 2 rings (SSSR count). The predicted octanol–water partition coefficient (Wildman–Crippen LogP) is 3.44. The van der Waals surface area contributed by atoms with Crippen LogP contribution in [0.5, 0.6) is 0 Å².